The number of aromatic nitrogens is 2. The minimum absolute atomic E-state index is 0.136. The number of fused-ring (bicyclic) bond motifs is 1. The smallest absolute Gasteiger partial charge is 0.264 e. The van der Waals surface area contributed by atoms with E-state index in [1.165, 1.54) is 6.33 Å². The average Bonchev–Trinajstić information content (AvgIpc) is 2.42. The van der Waals surface area contributed by atoms with Gasteiger partial charge in [0.15, 0.2) is 0 Å². The van der Waals surface area contributed by atoms with E-state index in [0.29, 0.717) is 17.3 Å². The van der Waals surface area contributed by atoms with Crippen LogP contribution in [0.2, 0.25) is 0 Å². The van der Waals surface area contributed by atoms with Crippen LogP contribution in [0.25, 0.3) is 10.9 Å². The molecule has 0 amide bonds. The molecule has 0 radical (unpaired) electrons. The standard InChI is InChI=1S/C14H18N2O4S/c1-21(18,19)20-8-4-2-3-5-11-6-7-13-12(9-11)14(17)16-10-15-13/h6-7,9-10H,2-5,8H2,1H3,(H,15,16,17). The molecule has 1 N–H and O–H groups in total. The lowest BCUT2D eigenvalue weighted by Crippen LogP contribution is -2.06. The molecule has 0 aliphatic heterocycles. The lowest BCUT2D eigenvalue weighted by atomic mass is 10.1. The fourth-order valence-corrected chi connectivity index (χ4v) is 2.51. The first-order valence-corrected chi connectivity index (χ1v) is 8.58. The van der Waals surface area contributed by atoms with Crippen molar-refractivity contribution in [2.24, 2.45) is 0 Å². The third-order valence-electron chi connectivity index (χ3n) is 3.11. The van der Waals surface area contributed by atoms with Gasteiger partial charge in [0.1, 0.15) is 0 Å². The second-order valence-electron chi connectivity index (χ2n) is 4.92. The van der Waals surface area contributed by atoms with Crippen LogP contribution in [0.1, 0.15) is 24.8 Å². The Bertz CT molecular complexity index is 768. The Kier molecular flexibility index (Phi) is 5.08. The summed E-state index contributed by atoms with van der Waals surface area (Å²) in [6.45, 7) is 0.222. The van der Waals surface area contributed by atoms with Crippen molar-refractivity contribution in [3.63, 3.8) is 0 Å². The van der Waals surface area contributed by atoms with Crippen LogP contribution in [0.4, 0.5) is 0 Å². The number of benzene rings is 1. The highest BCUT2D eigenvalue weighted by Gasteiger charge is 2.03. The molecule has 0 bridgehead atoms. The summed E-state index contributed by atoms with van der Waals surface area (Å²) in [6, 6.07) is 5.66. The van der Waals surface area contributed by atoms with E-state index >= 15 is 0 Å². The van der Waals surface area contributed by atoms with Crippen LogP contribution in [0.15, 0.2) is 29.3 Å². The van der Waals surface area contributed by atoms with E-state index in [1.807, 2.05) is 18.2 Å². The Morgan fingerprint density at radius 3 is 2.81 bits per heavy atom. The van der Waals surface area contributed by atoms with Gasteiger partial charge in [0.05, 0.1) is 30.1 Å². The minimum Gasteiger partial charge on any atom is -0.313 e. The van der Waals surface area contributed by atoms with Gasteiger partial charge >= 0.3 is 0 Å². The molecule has 1 aromatic heterocycles. The third kappa shape index (κ3) is 4.95. The van der Waals surface area contributed by atoms with Crippen LogP contribution in [-0.2, 0) is 20.7 Å². The molecule has 6 nitrogen and oxygen atoms in total. The van der Waals surface area contributed by atoms with Gasteiger partial charge in [-0.2, -0.15) is 8.42 Å². The number of aromatic amines is 1. The van der Waals surface area contributed by atoms with Crippen LogP contribution >= 0.6 is 0 Å². The maximum absolute atomic E-state index is 11.7. The molecule has 0 unspecified atom stereocenters. The summed E-state index contributed by atoms with van der Waals surface area (Å²) in [5.74, 6) is 0. The summed E-state index contributed by atoms with van der Waals surface area (Å²) >= 11 is 0. The van der Waals surface area contributed by atoms with Crippen molar-refractivity contribution < 1.29 is 12.6 Å². The molecular formula is C14H18N2O4S. The molecule has 114 valence electrons. The van der Waals surface area contributed by atoms with Gasteiger partial charge in [-0.3, -0.25) is 8.98 Å². The van der Waals surface area contributed by atoms with Crippen molar-refractivity contribution in [2.75, 3.05) is 12.9 Å². The second-order valence-corrected chi connectivity index (χ2v) is 6.56. The van der Waals surface area contributed by atoms with Gasteiger partial charge in [0, 0.05) is 0 Å². The van der Waals surface area contributed by atoms with Gasteiger partial charge in [-0.05, 0) is 37.0 Å². The quantitative estimate of drug-likeness (QED) is 0.620. The van der Waals surface area contributed by atoms with Crippen molar-refractivity contribution in [3.8, 4) is 0 Å². The molecule has 0 fully saturated rings. The maximum atomic E-state index is 11.7. The Balaban J connectivity index is 1.84. The monoisotopic (exact) mass is 310 g/mol. The zero-order valence-electron chi connectivity index (χ0n) is 11.8. The van der Waals surface area contributed by atoms with E-state index in [4.69, 9.17) is 0 Å². The fraction of sp³-hybridized carbons (Fsp3) is 0.429. The van der Waals surface area contributed by atoms with E-state index in [2.05, 4.69) is 14.2 Å². The molecule has 1 aromatic carbocycles. The predicted molar refractivity (Wildman–Crippen MR) is 80.7 cm³/mol. The molecule has 2 rings (SSSR count). The molecule has 0 saturated heterocycles. The van der Waals surface area contributed by atoms with Gasteiger partial charge < -0.3 is 4.98 Å². The molecule has 2 aromatic rings. The zero-order chi connectivity index (χ0) is 15.3. The van der Waals surface area contributed by atoms with Crippen LogP contribution in [0.3, 0.4) is 0 Å². The number of nitrogens with zero attached hydrogens (tertiary/aromatic N) is 1. The van der Waals surface area contributed by atoms with E-state index in [-0.39, 0.29) is 12.2 Å². The van der Waals surface area contributed by atoms with Crippen LogP contribution in [0.5, 0.6) is 0 Å². The van der Waals surface area contributed by atoms with Crippen molar-refractivity contribution in [1.29, 1.82) is 0 Å². The summed E-state index contributed by atoms with van der Waals surface area (Å²) in [5, 5.41) is 0.593. The number of hydrogen-bond acceptors (Lipinski definition) is 5. The molecule has 0 spiro atoms. The molecular weight excluding hydrogens is 292 g/mol. The topological polar surface area (TPSA) is 89.1 Å². The van der Waals surface area contributed by atoms with E-state index < -0.39 is 10.1 Å². The molecule has 0 aliphatic carbocycles. The minimum atomic E-state index is -3.34. The first-order chi connectivity index (χ1) is 9.96. The summed E-state index contributed by atoms with van der Waals surface area (Å²) in [6.07, 6.45) is 5.76. The average molecular weight is 310 g/mol. The van der Waals surface area contributed by atoms with Gasteiger partial charge in [0.25, 0.3) is 15.7 Å². The van der Waals surface area contributed by atoms with Gasteiger partial charge in [0.2, 0.25) is 0 Å². The summed E-state index contributed by atoms with van der Waals surface area (Å²) in [7, 11) is -3.34. The highest BCUT2D eigenvalue weighted by molar-refractivity contribution is 7.85. The summed E-state index contributed by atoms with van der Waals surface area (Å²) in [4.78, 5) is 18.3. The summed E-state index contributed by atoms with van der Waals surface area (Å²) < 4.78 is 26.2. The Labute approximate surface area is 123 Å². The Morgan fingerprint density at radius 2 is 2.05 bits per heavy atom. The summed E-state index contributed by atoms with van der Waals surface area (Å²) in [5.41, 5.74) is 1.62. The number of aryl methyl sites for hydroxylation is 1. The number of hydrogen-bond donors (Lipinski definition) is 1. The Hall–Kier alpha value is -1.73. The van der Waals surface area contributed by atoms with Crippen molar-refractivity contribution in [2.45, 2.75) is 25.7 Å². The van der Waals surface area contributed by atoms with E-state index in [1.54, 1.807) is 0 Å². The number of H-pyrrole nitrogens is 1. The van der Waals surface area contributed by atoms with Crippen molar-refractivity contribution in [1.82, 2.24) is 9.97 Å². The van der Waals surface area contributed by atoms with E-state index in [0.717, 1.165) is 31.1 Å². The molecule has 1 heterocycles. The highest BCUT2D eigenvalue weighted by Crippen LogP contribution is 2.12. The zero-order valence-corrected chi connectivity index (χ0v) is 12.6. The van der Waals surface area contributed by atoms with Crippen LogP contribution in [0, 0.1) is 0 Å². The van der Waals surface area contributed by atoms with Gasteiger partial charge in [-0.25, -0.2) is 4.98 Å². The van der Waals surface area contributed by atoms with Crippen molar-refractivity contribution in [3.05, 3.63) is 40.4 Å². The molecule has 0 saturated carbocycles. The molecule has 21 heavy (non-hydrogen) atoms. The first kappa shape index (κ1) is 15.7. The maximum Gasteiger partial charge on any atom is 0.264 e. The second kappa shape index (κ2) is 6.82. The SMILES string of the molecule is CS(=O)(=O)OCCCCCc1ccc2nc[nH]c(=O)c2c1. The van der Waals surface area contributed by atoms with Gasteiger partial charge in [-0.15, -0.1) is 0 Å². The van der Waals surface area contributed by atoms with Crippen LogP contribution in [-0.4, -0.2) is 31.2 Å². The third-order valence-corrected chi connectivity index (χ3v) is 3.71. The number of rotatable bonds is 7. The number of unbranched alkanes of at least 4 members (excludes halogenated alkanes) is 2. The Morgan fingerprint density at radius 1 is 1.24 bits per heavy atom. The lowest BCUT2D eigenvalue weighted by Gasteiger charge is -2.04. The predicted octanol–water partition coefficient (Wildman–Crippen LogP) is 1.61. The molecule has 7 heteroatoms. The van der Waals surface area contributed by atoms with Crippen molar-refractivity contribution >= 4 is 21.0 Å². The highest BCUT2D eigenvalue weighted by atomic mass is 32.2. The molecule has 0 atom stereocenters. The first-order valence-electron chi connectivity index (χ1n) is 6.76. The van der Waals surface area contributed by atoms with Crippen LogP contribution < -0.4 is 5.56 Å². The van der Waals surface area contributed by atoms with E-state index in [9.17, 15) is 13.2 Å². The lowest BCUT2D eigenvalue weighted by molar-refractivity contribution is 0.310. The normalized spacial score (nSPS) is 11.9. The largest absolute Gasteiger partial charge is 0.313 e. The number of nitrogens with one attached hydrogen (secondary N) is 1. The molecule has 0 aliphatic rings. The van der Waals surface area contributed by atoms with Gasteiger partial charge in [-0.1, -0.05) is 12.5 Å². The fourth-order valence-electron chi connectivity index (χ4n) is 2.09.